The van der Waals surface area contributed by atoms with Crippen LogP contribution in [0.1, 0.15) is 70.8 Å². The lowest BCUT2D eigenvalue weighted by atomic mass is 9.48. The van der Waals surface area contributed by atoms with E-state index in [-0.39, 0.29) is 28.7 Å². The summed E-state index contributed by atoms with van der Waals surface area (Å²) in [5.74, 6) is 2.23. The molecule has 0 aromatic heterocycles. The Morgan fingerprint density at radius 1 is 1.11 bits per heavy atom. The van der Waals surface area contributed by atoms with E-state index < -0.39 is 0 Å². The summed E-state index contributed by atoms with van der Waals surface area (Å²) in [5.41, 5.74) is 1.23. The topological polar surface area (TPSA) is 49.4 Å². The maximum Gasteiger partial charge on any atom is 0.246 e. The van der Waals surface area contributed by atoms with E-state index in [1.165, 1.54) is 19.3 Å². The van der Waals surface area contributed by atoms with E-state index in [1.807, 2.05) is 24.1 Å². The van der Waals surface area contributed by atoms with E-state index in [1.54, 1.807) is 12.1 Å². The quantitative estimate of drug-likeness (QED) is 0.489. The molecule has 7 atom stereocenters. The minimum absolute atomic E-state index is 0.0653. The normalized spacial score (nSPS) is 38.0. The number of nitrogens with one attached hydrogen (secondary N) is 1. The lowest BCUT2D eigenvalue weighted by Gasteiger charge is -2.60. The van der Waals surface area contributed by atoms with Crippen LogP contribution in [-0.2, 0) is 16.0 Å². The average molecular weight is 518 g/mol. The number of fused-ring (bicyclic) bond motifs is 5. The van der Waals surface area contributed by atoms with Crippen molar-refractivity contribution in [1.82, 2.24) is 10.2 Å². The largest absolute Gasteiger partial charge is 0.353 e. The molecule has 0 saturated heterocycles. The number of hydrogen-bond donors (Lipinski definition) is 1. The van der Waals surface area contributed by atoms with Crippen LogP contribution in [0.25, 0.3) is 0 Å². The average Bonchev–Trinajstić information content (AvgIpc) is 3.15. The molecule has 1 aliphatic heterocycles. The first-order valence-corrected chi connectivity index (χ1v) is 14.1. The summed E-state index contributed by atoms with van der Waals surface area (Å²) in [5, 5.41) is 4.83. The van der Waals surface area contributed by atoms with Gasteiger partial charge in [0.1, 0.15) is 0 Å². The third kappa shape index (κ3) is 4.33. The Morgan fingerprint density at radius 3 is 2.71 bits per heavy atom. The Balaban J connectivity index is 1.22. The lowest BCUT2D eigenvalue weighted by Crippen LogP contribution is -2.60. The van der Waals surface area contributed by atoms with E-state index in [0.717, 1.165) is 37.7 Å². The smallest absolute Gasteiger partial charge is 0.246 e. The highest BCUT2D eigenvalue weighted by atomic mass is 35.5. The van der Waals surface area contributed by atoms with Crippen LogP contribution in [-0.4, -0.2) is 35.8 Å². The number of carbonyl (C=O) groups is 2. The molecule has 3 fully saturated rings. The number of rotatable bonds is 5. The molecule has 190 valence electrons. The van der Waals surface area contributed by atoms with E-state index in [4.69, 9.17) is 23.2 Å². The van der Waals surface area contributed by atoms with Gasteiger partial charge in [0, 0.05) is 41.0 Å². The van der Waals surface area contributed by atoms with Gasteiger partial charge in [-0.1, -0.05) is 43.1 Å². The van der Waals surface area contributed by atoms with Gasteiger partial charge in [-0.3, -0.25) is 9.59 Å². The molecule has 0 radical (unpaired) electrons. The zero-order valence-electron chi connectivity index (χ0n) is 21.2. The fourth-order valence-corrected chi connectivity index (χ4v) is 8.82. The van der Waals surface area contributed by atoms with Crippen molar-refractivity contribution in [3.05, 3.63) is 46.0 Å². The van der Waals surface area contributed by atoms with Crippen LogP contribution in [0.4, 0.5) is 0 Å². The van der Waals surface area contributed by atoms with Gasteiger partial charge in [-0.25, -0.2) is 0 Å². The van der Waals surface area contributed by atoms with Crippen molar-refractivity contribution in [3.63, 3.8) is 0 Å². The minimum atomic E-state index is 0.0653. The highest BCUT2D eigenvalue weighted by molar-refractivity contribution is 6.33. The molecule has 5 rings (SSSR count). The predicted octanol–water partition coefficient (Wildman–Crippen LogP) is 6.44. The second-order valence-electron chi connectivity index (χ2n) is 11.9. The molecule has 1 heterocycles. The number of hydrogen-bond acceptors (Lipinski definition) is 2. The first kappa shape index (κ1) is 25.1. The third-order valence-corrected chi connectivity index (χ3v) is 10.9. The van der Waals surface area contributed by atoms with Crippen LogP contribution in [0.2, 0.25) is 10.0 Å². The molecular formula is C29H38Cl2N2O2. The zero-order valence-corrected chi connectivity index (χ0v) is 22.7. The summed E-state index contributed by atoms with van der Waals surface area (Å²) in [6, 6.07) is 6.08. The Kier molecular flexibility index (Phi) is 6.76. The molecule has 3 aliphatic carbocycles. The van der Waals surface area contributed by atoms with Crippen LogP contribution >= 0.6 is 23.2 Å². The number of amides is 2. The Morgan fingerprint density at radius 2 is 1.91 bits per heavy atom. The second-order valence-corrected chi connectivity index (χ2v) is 12.8. The standard InChI is InChI=1S/C29H38Cl2N2O2/c1-28-15-13-22-20(8-12-25-29(22,2)16-14-27(35)33(25)3)21(28)9-11-24(28)32-26(34)6-4-5-18-17-19(30)7-10-23(18)31/h7,10,14,16-17,20-22,24-25H,4-6,8-9,11-13,15H2,1-3H3,(H,32,34)/t20-,21-,22+,24?,25?,28-,29+/m0/s1. The molecule has 4 nitrogen and oxygen atoms in total. The van der Waals surface area contributed by atoms with E-state index in [9.17, 15) is 9.59 Å². The molecular weight excluding hydrogens is 479 g/mol. The number of benzene rings is 1. The Bertz CT molecular complexity index is 1040. The molecule has 0 bridgehead atoms. The zero-order chi connectivity index (χ0) is 25.0. The predicted molar refractivity (Wildman–Crippen MR) is 141 cm³/mol. The lowest BCUT2D eigenvalue weighted by molar-refractivity contribution is -0.138. The monoisotopic (exact) mass is 516 g/mol. The highest BCUT2D eigenvalue weighted by Crippen LogP contribution is 2.63. The third-order valence-electron chi connectivity index (χ3n) is 10.3. The number of likely N-dealkylation sites (N-methyl/N-ethyl adjacent to an activating group) is 1. The van der Waals surface area contributed by atoms with Crippen molar-refractivity contribution in [2.24, 2.45) is 28.6 Å². The minimum Gasteiger partial charge on any atom is -0.353 e. The first-order valence-electron chi connectivity index (χ1n) is 13.3. The van der Waals surface area contributed by atoms with Gasteiger partial charge in [0.15, 0.2) is 0 Å². The Labute approximate surface area is 219 Å². The molecule has 2 amide bonds. The van der Waals surface area contributed by atoms with Crippen molar-refractivity contribution in [2.75, 3.05) is 7.05 Å². The van der Waals surface area contributed by atoms with E-state index in [0.29, 0.717) is 40.3 Å². The van der Waals surface area contributed by atoms with Crippen molar-refractivity contribution < 1.29 is 9.59 Å². The van der Waals surface area contributed by atoms with Crippen molar-refractivity contribution in [2.45, 2.75) is 83.7 Å². The van der Waals surface area contributed by atoms with Gasteiger partial charge in [-0.2, -0.15) is 0 Å². The highest BCUT2D eigenvalue weighted by Gasteiger charge is 2.60. The molecule has 1 N–H and O–H groups in total. The molecule has 2 unspecified atom stereocenters. The number of halogens is 2. The summed E-state index contributed by atoms with van der Waals surface area (Å²) in [4.78, 5) is 27.2. The van der Waals surface area contributed by atoms with Crippen LogP contribution in [0.3, 0.4) is 0 Å². The summed E-state index contributed by atoms with van der Waals surface area (Å²) in [6.07, 6.45) is 12.9. The summed E-state index contributed by atoms with van der Waals surface area (Å²) < 4.78 is 0. The SMILES string of the molecule is CN1C(=O)C=C[C@@]2(C)C1CC[C@@H]1[C@H]2CC[C@]2(C)C(NC(=O)CCCc3cc(Cl)ccc3Cl)CC[C@@H]12. The van der Waals surface area contributed by atoms with Gasteiger partial charge in [0.25, 0.3) is 0 Å². The van der Waals surface area contributed by atoms with Crippen LogP contribution in [0, 0.1) is 28.6 Å². The summed E-state index contributed by atoms with van der Waals surface area (Å²) in [6.45, 7) is 4.81. The van der Waals surface area contributed by atoms with Crippen molar-refractivity contribution in [1.29, 1.82) is 0 Å². The van der Waals surface area contributed by atoms with Crippen molar-refractivity contribution >= 4 is 35.0 Å². The Hall–Kier alpha value is -1.52. The van der Waals surface area contributed by atoms with Gasteiger partial charge in [-0.05, 0) is 104 Å². The maximum absolute atomic E-state index is 12.9. The van der Waals surface area contributed by atoms with Gasteiger partial charge in [0.05, 0.1) is 0 Å². The van der Waals surface area contributed by atoms with Gasteiger partial charge < -0.3 is 10.2 Å². The van der Waals surface area contributed by atoms with Crippen LogP contribution in [0.5, 0.6) is 0 Å². The maximum atomic E-state index is 12.9. The fraction of sp³-hybridized carbons (Fsp3) is 0.655. The fourth-order valence-electron chi connectivity index (χ4n) is 8.42. The molecule has 1 aromatic rings. The second kappa shape index (κ2) is 9.41. The van der Waals surface area contributed by atoms with Crippen LogP contribution in [0.15, 0.2) is 30.4 Å². The van der Waals surface area contributed by atoms with E-state index >= 15 is 0 Å². The number of carbonyl (C=O) groups excluding carboxylic acids is 2. The van der Waals surface area contributed by atoms with Crippen LogP contribution < -0.4 is 5.32 Å². The van der Waals surface area contributed by atoms with Crippen molar-refractivity contribution in [3.8, 4) is 0 Å². The van der Waals surface area contributed by atoms with Gasteiger partial charge in [-0.15, -0.1) is 0 Å². The van der Waals surface area contributed by atoms with Gasteiger partial charge in [0.2, 0.25) is 11.8 Å². The molecule has 3 saturated carbocycles. The van der Waals surface area contributed by atoms with E-state index in [2.05, 4.69) is 25.2 Å². The molecule has 1 aromatic carbocycles. The van der Waals surface area contributed by atoms with Gasteiger partial charge >= 0.3 is 0 Å². The summed E-state index contributed by atoms with van der Waals surface area (Å²) >= 11 is 12.4. The molecule has 6 heteroatoms. The first-order chi connectivity index (χ1) is 16.6. The molecule has 35 heavy (non-hydrogen) atoms. The summed E-state index contributed by atoms with van der Waals surface area (Å²) in [7, 11) is 1.98. The molecule has 0 spiro atoms. The molecule has 4 aliphatic rings. The number of aryl methyl sites for hydroxylation is 1. The number of nitrogens with zero attached hydrogens (tertiary/aromatic N) is 1.